The van der Waals surface area contributed by atoms with Crippen LogP contribution in [0.4, 0.5) is 0 Å². The van der Waals surface area contributed by atoms with Gasteiger partial charge in [0.15, 0.2) is 0 Å². The lowest BCUT2D eigenvalue weighted by Crippen LogP contribution is -3.00. The van der Waals surface area contributed by atoms with Gasteiger partial charge in [0, 0.05) is 0 Å². The highest BCUT2D eigenvalue weighted by molar-refractivity contribution is 4.47. The van der Waals surface area contributed by atoms with E-state index < -0.39 is 6.29 Å². The highest BCUT2D eigenvalue weighted by Gasteiger charge is 2.19. The largest absolute Gasteiger partial charge is 1.00 e. The Morgan fingerprint density at radius 2 is 1.12 bits per heavy atom. The predicted octanol–water partition coefficient (Wildman–Crippen LogP) is -3.50. The highest BCUT2D eigenvalue weighted by atomic mass is 79.9. The second-order valence-corrected chi connectivity index (χ2v) is 6.61. The molecule has 0 aromatic carbocycles. The number of aliphatic hydroxyl groups excluding tert-OH is 1. The van der Waals surface area contributed by atoms with Crippen LogP contribution in [0.2, 0.25) is 0 Å². The minimum absolute atomic E-state index is 0. The normalized spacial score (nSPS) is 10.6. The molecule has 0 rings (SSSR count). The van der Waals surface area contributed by atoms with E-state index in [1.807, 2.05) is 0 Å². The van der Waals surface area contributed by atoms with Crippen LogP contribution in [0.15, 0.2) is 0 Å². The third-order valence-electron chi connectivity index (χ3n) is 4.94. The zero-order valence-electron chi connectivity index (χ0n) is 17.4. The third kappa shape index (κ3) is 22.8. The molecule has 0 aliphatic rings. The van der Waals surface area contributed by atoms with E-state index in [-0.39, 0.29) is 34.0 Å². The first-order valence-corrected chi connectivity index (χ1v) is 10.0. The number of nitrogens with two attached hydrogens (primary N) is 1. The summed E-state index contributed by atoms with van der Waals surface area (Å²) in [6.45, 7) is 15.0. The third-order valence-corrected chi connectivity index (χ3v) is 4.94. The zero-order valence-corrected chi connectivity index (χ0v) is 20.6. The monoisotopic (exact) mass is 492 g/mol. The molecule has 4 N–H and O–H groups in total. The van der Waals surface area contributed by atoms with Gasteiger partial charge in [-0.15, -0.1) is 0 Å². The van der Waals surface area contributed by atoms with Crippen molar-refractivity contribution in [3.8, 4) is 0 Å². The van der Waals surface area contributed by atoms with Gasteiger partial charge in [0.25, 0.3) is 0 Å². The Kier molecular flexibility index (Phi) is 33.1. The van der Waals surface area contributed by atoms with E-state index in [2.05, 4.69) is 27.7 Å². The quantitative estimate of drug-likeness (QED) is 0.134. The van der Waals surface area contributed by atoms with Crippen molar-refractivity contribution in [2.75, 3.05) is 39.8 Å². The lowest BCUT2D eigenvalue weighted by Gasteiger charge is -2.35. The fourth-order valence-electron chi connectivity index (χ4n) is 2.94. The number of hydrogen-bond donors (Lipinski definition) is 3. The van der Waals surface area contributed by atoms with Crippen LogP contribution in [0, 0.1) is 0 Å². The minimum Gasteiger partial charge on any atom is -1.00 e. The van der Waals surface area contributed by atoms with E-state index in [4.69, 9.17) is 10.2 Å². The van der Waals surface area contributed by atoms with Crippen LogP contribution in [0.5, 0.6) is 0 Å². The summed E-state index contributed by atoms with van der Waals surface area (Å²) in [4.78, 5) is 0. The molecular formula is C19H46Br2N2O2. The van der Waals surface area contributed by atoms with Crippen LogP contribution in [0.3, 0.4) is 0 Å². The molecule has 0 bridgehead atoms. The summed E-state index contributed by atoms with van der Waals surface area (Å²) in [5.41, 5.74) is 0. The number of quaternary nitrogens is 2. The summed E-state index contributed by atoms with van der Waals surface area (Å²) in [5, 5.41) is 17.9. The van der Waals surface area contributed by atoms with Crippen LogP contribution in [0.25, 0.3) is 0 Å². The van der Waals surface area contributed by atoms with Gasteiger partial charge in [-0.3, -0.25) is 0 Å². The Morgan fingerprint density at radius 1 is 0.720 bits per heavy atom. The number of hydrogen-bond acceptors (Lipinski definition) is 2. The Hall–Kier alpha value is 0.800. The molecule has 0 saturated carbocycles. The van der Waals surface area contributed by atoms with E-state index in [0.717, 1.165) is 0 Å². The minimum atomic E-state index is -1.16. The van der Waals surface area contributed by atoms with Crippen molar-refractivity contribution in [3.05, 3.63) is 0 Å². The van der Waals surface area contributed by atoms with Crippen LogP contribution < -0.4 is 39.3 Å². The Balaban J connectivity index is -0.000000238. The molecule has 0 aliphatic carbocycles. The second-order valence-electron chi connectivity index (χ2n) is 6.61. The number of aliphatic hydroxyl groups is 2. The van der Waals surface area contributed by atoms with E-state index >= 15 is 0 Å². The van der Waals surface area contributed by atoms with E-state index in [1.165, 1.54) is 82.0 Å². The van der Waals surface area contributed by atoms with Gasteiger partial charge in [0.2, 0.25) is 6.29 Å². The summed E-state index contributed by atoms with van der Waals surface area (Å²) in [7, 11) is 1.78. The van der Waals surface area contributed by atoms with Gasteiger partial charge >= 0.3 is 0 Å². The second kappa shape index (κ2) is 24.8. The maximum atomic E-state index is 8.08. The molecule has 0 spiro atoms. The van der Waals surface area contributed by atoms with E-state index in [9.17, 15) is 0 Å². The number of rotatable bonds is 14. The summed E-state index contributed by atoms with van der Waals surface area (Å²) >= 11 is 0. The molecule has 0 unspecified atom stereocenters. The molecule has 0 aliphatic heterocycles. The molecule has 158 valence electrons. The fraction of sp³-hybridized carbons (Fsp3) is 1.00. The molecule has 25 heavy (non-hydrogen) atoms. The first-order valence-electron chi connectivity index (χ1n) is 10.0. The molecule has 0 saturated heterocycles. The van der Waals surface area contributed by atoms with Gasteiger partial charge < -0.3 is 54.0 Å². The topological polar surface area (TPSA) is 57.1 Å². The van der Waals surface area contributed by atoms with Crippen LogP contribution >= 0.6 is 0 Å². The van der Waals surface area contributed by atoms with Crippen molar-refractivity contribution in [1.82, 2.24) is 0 Å². The van der Waals surface area contributed by atoms with Crippen molar-refractivity contribution in [1.29, 1.82) is 0 Å². The first kappa shape index (κ1) is 33.4. The van der Waals surface area contributed by atoms with Crippen molar-refractivity contribution in [2.24, 2.45) is 0 Å². The molecule has 0 atom stereocenters. The Bertz CT molecular complexity index is 221. The lowest BCUT2D eigenvalue weighted by molar-refractivity contribution is -0.923. The van der Waals surface area contributed by atoms with Gasteiger partial charge in [-0.2, -0.15) is 0 Å². The smallest absolute Gasteiger partial charge is 0.202 e. The van der Waals surface area contributed by atoms with Crippen molar-refractivity contribution in [2.45, 2.75) is 85.4 Å². The zero-order chi connectivity index (χ0) is 18.0. The molecule has 4 nitrogen and oxygen atoms in total. The average Bonchev–Trinajstić information content (AvgIpc) is 2.55. The molecular weight excluding hydrogens is 448 g/mol. The SMILES string of the molecule is CCCCCCCCCC[N+](CC)(CC)CC.C[NH2+]CC(O)O.[Br-].[Br-]. The average molecular weight is 494 g/mol. The van der Waals surface area contributed by atoms with Crippen LogP contribution in [-0.2, 0) is 0 Å². The summed E-state index contributed by atoms with van der Waals surface area (Å²) < 4.78 is 1.33. The summed E-state index contributed by atoms with van der Waals surface area (Å²) in [6, 6.07) is 0. The lowest BCUT2D eigenvalue weighted by atomic mass is 10.1. The van der Waals surface area contributed by atoms with Gasteiger partial charge in [-0.05, 0) is 33.6 Å². The Labute approximate surface area is 178 Å². The van der Waals surface area contributed by atoms with Gasteiger partial charge in [-0.25, -0.2) is 0 Å². The first-order chi connectivity index (χ1) is 11.0. The van der Waals surface area contributed by atoms with E-state index in [1.54, 1.807) is 12.4 Å². The maximum Gasteiger partial charge on any atom is 0.202 e. The number of halogens is 2. The fourth-order valence-corrected chi connectivity index (χ4v) is 2.94. The summed E-state index contributed by atoms with van der Waals surface area (Å²) in [6.07, 6.45) is 10.4. The summed E-state index contributed by atoms with van der Waals surface area (Å²) in [5.74, 6) is 0. The molecule has 0 amide bonds. The highest BCUT2D eigenvalue weighted by Crippen LogP contribution is 2.12. The Morgan fingerprint density at radius 3 is 1.40 bits per heavy atom. The molecule has 0 fully saturated rings. The van der Waals surface area contributed by atoms with Crippen molar-refractivity contribution >= 4 is 0 Å². The number of unbranched alkanes of at least 4 members (excludes halogenated alkanes) is 7. The molecule has 0 heterocycles. The van der Waals surface area contributed by atoms with Crippen molar-refractivity contribution < 1.29 is 54.0 Å². The van der Waals surface area contributed by atoms with E-state index in [0.29, 0.717) is 6.54 Å². The van der Waals surface area contributed by atoms with Gasteiger partial charge in [0.1, 0.15) is 6.54 Å². The molecule has 0 radical (unpaired) electrons. The van der Waals surface area contributed by atoms with Gasteiger partial charge in [-0.1, -0.05) is 45.4 Å². The van der Waals surface area contributed by atoms with Crippen LogP contribution in [-0.4, -0.2) is 60.8 Å². The maximum absolute atomic E-state index is 8.08. The van der Waals surface area contributed by atoms with Gasteiger partial charge in [0.05, 0.1) is 33.2 Å². The molecule has 0 aromatic rings. The predicted molar refractivity (Wildman–Crippen MR) is 100 cm³/mol. The standard InChI is InChI=1S/C16H36N.C3H9NO2.2BrH/c1-5-9-10-11-12-13-14-15-16-17(6-2,7-3)8-4;1-4-2-3(5)6;;/h5-16H2,1-4H3;3-6H,2H2,1H3;2*1H/q+1;;;/p-1. The molecule has 6 heteroatoms. The number of nitrogens with zero attached hydrogens (tertiary/aromatic N) is 1. The molecule has 0 aromatic heterocycles. The number of likely N-dealkylation sites (N-methyl/N-ethyl adjacent to an activating group) is 1. The van der Waals surface area contributed by atoms with Crippen LogP contribution in [0.1, 0.15) is 79.1 Å². The van der Waals surface area contributed by atoms with Crippen molar-refractivity contribution in [3.63, 3.8) is 0 Å².